The topological polar surface area (TPSA) is 98.5 Å². The summed E-state index contributed by atoms with van der Waals surface area (Å²) in [4.78, 5) is 33.8. The first-order chi connectivity index (χ1) is 11.0. The third kappa shape index (κ3) is 4.67. The molecule has 0 heterocycles. The van der Waals surface area contributed by atoms with E-state index in [4.69, 9.17) is 10.5 Å². The van der Waals surface area contributed by atoms with Crippen molar-refractivity contribution in [3.63, 3.8) is 0 Å². The van der Waals surface area contributed by atoms with Crippen molar-refractivity contribution in [2.45, 2.75) is 13.5 Å². The van der Waals surface area contributed by atoms with Crippen LogP contribution in [0.2, 0.25) is 0 Å². The van der Waals surface area contributed by atoms with Gasteiger partial charge in [0.05, 0.1) is 5.56 Å². The van der Waals surface area contributed by atoms with Crippen LogP contribution in [-0.4, -0.2) is 17.8 Å². The molecule has 2 aromatic rings. The van der Waals surface area contributed by atoms with Crippen LogP contribution in [0.25, 0.3) is 0 Å². The highest BCUT2D eigenvalue weighted by atomic mass is 16.5. The van der Waals surface area contributed by atoms with Crippen LogP contribution in [0.4, 0.5) is 5.69 Å². The van der Waals surface area contributed by atoms with Crippen LogP contribution in [0.1, 0.15) is 33.2 Å². The van der Waals surface area contributed by atoms with E-state index in [1.165, 1.54) is 6.92 Å². The largest absolute Gasteiger partial charge is 0.457 e. The molecule has 0 spiro atoms. The summed E-state index contributed by atoms with van der Waals surface area (Å²) < 4.78 is 5.19. The normalized spacial score (nSPS) is 9.96. The lowest BCUT2D eigenvalue weighted by atomic mass is 10.1. The van der Waals surface area contributed by atoms with E-state index in [1.54, 1.807) is 48.5 Å². The molecule has 118 valence electrons. The van der Waals surface area contributed by atoms with E-state index in [0.717, 1.165) is 5.56 Å². The Balaban J connectivity index is 1.93. The molecule has 0 aliphatic rings. The minimum Gasteiger partial charge on any atom is -0.457 e. The number of amides is 2. The Labute approximate surface area is 133 Å². The van der Waals surface area contributed by atoms with Crippen LogP contribution in [0.15, 0.2) is 48.5 Å². The molecule has 0 bridgehead atoms. The minimum atomic E-state index is -0.507. The quantitative estimate of drug-likeness (QED) is 0.826. The Morgan fingerprint density at radius 2 is 1.52 bits per heavy atom. The van der Waals surface area contributed by atoms with Crippen molar-refractivity contribution >= 4 is 23.5 Å². The van der Waals surface area contributed by atoms with Gasteiger partial charge in [-0.3, -0.25) is 9.59 Å². The van der Waals surface area contributed by atoms with Crippen molar-refractivity contribution in [3.05, 3.63) is 65.2 Å². The number of esters is 1. The highest BCUT2D eigenvalue weighted by Crippen LogP contribution is 2.12. The minimum absolute atomic E-state index is 0.0886. The molecule has 0 aliphatic heterocycles. The molecule has 0 aliphatic carbocycles. The summed E-state index contributed by atoms with van der Waals surface area (Å²) in [6.07, 6.45) is 0. The van der Waals surface area contributed by atoms with Crippen LogP contribution in [-0.2, 0) is 16.1 Å². The SMILES string of the molecule is CC(=O)Nc1ccc(C(=O)OCc2ccc(C(N)=O)cc2)cc1. The number of benzene rings is 2. The second-order valence-corrected chi connectivity index (χ2v) is 4.90. The Kier molecular flexibility index (Phi) is 5.09. The van der Waals surface area contributed by atoms with Crippen LogP contribution < -0.4 is 11.1 Å². The number of rotatable bonds is 5. The van der Waals surface area contributed by atoms with Crippen LogP contribution in [0.3, 0.4) is 0 Å². The third-order valence-electron chi connectivity index (χ3n) is 3.05. The molecule has 0 fully saturated rings. The molecule has 2 amide bonds. The first kappa shape index (κ1) is 16.2. The maximum Gasteiger partial charge on any atom is 0.338 e. The van der Waals surface area contributed by atoms with Gasteiger partial charge in [0.25, 0.3) is 0 Å². The second-order valence-electron chi connectivity index (χ2n) is 4.90. The van der Waals surface area contributed by atoms with Gasteiger partial charge in [-0.15, -0.1) is 0 Å². The third-order valence-corrected chi connectivity index (χ3v) is 3.05. The zero-order valence-electron chi connectivity index (χ0n) is 12.5. The van der Waals surface area contributed by atoms with Gasteiger partial charge in [-0.25, -0.2) is 4.79 Å². The first-order valence-electron chi connectivity index (χ1n) is 6.89. The van der Waals surface area contributed by atoms with Crippen LogP contribution in [0.5, 0.6) is 0 Å². The van der Waals surface area contributed by atoms with E-state index < -0.39 is 11.9 Å². The lowest BCUT2D eigenvalue weighted by Crippen LogP contribution is -2.11. The van der Waals surface area contributed by atoms with Gasteiger partial charge in [-0.1, -0.05) is 12.1 Å². The van der Waals surface area contributed by atoms with Gasteiger partial charge in [0.15, 0.2) is 0 Å². The zero-order chi connectivity index (χ0) is 16.8. The Morgan fingerprint density at radius 3 is 2.04 bits per heavy atom. The average Bonchev–Trinajstić information content (AvgIpc) is 2.53. The fraction of sp³-hybridized carbons (Fsp3) is 0.118. The molecule has 23 heavy (non-hydrogen) atoms. The van der Waals surface area contributed by atoms with E-state index in [0.29, 0.717) is 16.8 Å². The number of carbonyl (C=O) groups excluding carboxylic acids is 3. The summed E-state index contributed by atoms with van der Waals surface area (Å²) in [5, 5.41) is 2.61. The predicted molar refractivity (Wildman–Crippen MR) is 84.8 cm³/mol. The standard InChI is InChI=1S/C17H16N2O4/c1-11(20)19-15-8-6-14(7-9-15)17(22)23-10-12-2-4-13(5-3-12)16(18)21/h2-9H,10H2,1H3,(H2,18,21)(H,19,20). The number of hydrogen-bond donors (Lipinski definition) is 2. The zero-order valence-corrected chi connectivity index (χ0v) is 12.5. The molecule has 0 aromatic heterocycles. The van der Waals surface area contributed by atoms with Gasteiger partial charge >= 0.3 is 5.97 Å². The van der Waals surface area contributed by atoms with E-state index in [1.807, 2.05) is 0 Å². The summed E-state index contributed by atoms with van der Waals surface area (Å²) in [7, 11) is 0. The second kappa shape index (κ2) is 7.22. The lowest BCUT2D eigenvalue weighted by molar-refractivity contribution is -0.114. The predicted octanol–water partition coefficient (Wildman–Crippen LogP) is 2.10. The van der Waals surface area contributed by atoms with Gasteiger partial charge in [0.2, 0.25) is 11.8 Å². The number of nitrogens with two attached hydrogens (primary N) is 1. The van der Waals surface area contributed by atoms with Gasteiger partial charge in [0, 0.05) is 18.2 Å². The molecule has 6 nitrogen and oxygen atoms in total. The molecular formula is C17H16N2O4. The van der Waals surface area contributed by atoms with Crippen LogP contribution >= 0.6 is 0 Å². The number of nitrogens with one attached hydrogen (secondary N) is 1. The molecule has 2 aromatic carbocycles. The highest BCUT2D eigenvalue weighted by Gasteiger charge is 2.08. The molecule has 0 saturated carbocycles. The van der Waals surface area contributed by atoms with E-state index >= 15 is 0 Å². The fourth-order valence-electron chi connectivity index (χ4n) is 1.89. The van der Waals surface area contributed by atoms with E-state index in [9.17, 15) is 14.4 Å². The molecule has 0 atom stereocenters. The molecule has 6 heteroatoms. The Bertz CT molecular complexity index is 721. The number of carbonyl (C=O) groups is 3. The summed E-state index contributed by atoms with van der Waals surface area (Å²) >= 11 is 0. The maximum absolute atomic E-state index is 11.9. The summed E-state index contributed by atoms with van der Waals surface area (Å²) in [5.41, 5.74) is 7.29. The van der Waals surface area contributed by atoms with Crippen molar-refractivity contribution in [2.75, 3.05) is 5.32 Å². The van der Waals surface area contributed by atoms with E-state index in [-0.39, 0.29) is 12.5 Å². The highest BCUT2D eigenvalue weighted by molar-refractivity contribution is 5.93. The van der Waals surface area contributed by atoms with Gasteiger partial charge < -0.3 is 15.8 Å². The summed E-state index contributed by atoms with van der Waals surface area (Å²) in [6, 6.07) is 12.9. The van der Waals surface area contributed by atoms with Gasteiger partial charge in [-0.2, -0.15) is 0 Å². The first-order valence-corrected chi connectivity index (χ1v) is 6.89. The van der Waals surface area contributed by atoms with Crippen molar-refractivity contribution in [1.82, 2.24) is 0 Å². The van der Waals surface area contributed by atoms with Gasteiger partial charge in [-0.05, 0) is 42.0 Å². The molecular weight excluding hydrogens is 296 g/mol. The van der Waals surface area contributed by atoms with Crippen molar-refractivity contribution in [3.8, 4) is 0 Å². The summed E-state index contributed by atoms with van der Waals surface area (Å²) in [6.45, 7) is 1.50. The number of primary amides is 1. The monoisotopic (exact) mass is 312 g/mol. The maximum atomic E-state index is 11.9. The smallest absolute Gasteiger partial charge is 0.338 e. The van der Waals surface area contributed by atoms with Crippen molar-refractivity contribution in [1.29, 1.82) is 0 Å². The lowest BCUT2D eigenvalue weighted by Gasteiger charge is -2.07. The van der Waals surface area contributed by atoms with Crippen molar-refractivity contribution < 1.29 is 19.1 Å². The molecule has 0 unspecified atom stereocenters. The van der Waals surface area contributed by atoms with E-state index in [2.05, 4.69) is 5.32 Å². The molecule has 3 N–H and O–H groups in total. The Morgan fingerprint density at radius 1 is 0.957 bits per heavy atom. The molecule has 2 rings (SSSR count). The molecule has 0 saturated heterocycles. The van der Waals surface area contributed by atoms with Crippen molar-refractivity contribution in [2.24, 2.45) is 5.73 Å². The average molecular weight is 312 g/mol. The number of ether oxygens (including phenoxy) is 1. The summed E-state index contributed by atoms with van der Waals surface area (Å²) in [5.74, 6) is -1.16. The van der Waals surface area contributed by atoms with Gasteiger partial charge in [0.1, 0.15) is 6.61 Å². The molecule has 0 radical (unpaired) electrons. The van der Waals surface area contributed by atoms with Crippen LogP contribution in [0, 0.1) is 0 Å². The fourth-order valence-corrected chi connectivity index (χ4v) is 1.89. The number of hydrogen-bond acceptors (Lipinski definition) is 4. The Hall–Kier alpha value is -3.15. The number of anilines is 1.